The highest BCUT2D eigenvalue weighted by Gasteiger charge is 2.10. The fraction of sp³-hybridized carbons (Fsp3) is 0.273. The minimum Gasteiger partial charge on any atom is -0.493 e. The average molecular weight is 193 g/mol. The molecule has 0 aromatic heterocycles. The van der Waals surface area contributed by atoms with Crippen LogP contribution in [0.2, 0.25) is 0 Å². The monoisotopic (exact) mass is 193 g/mol. The largest absolute Gasteiger partial charge is 0.493 e. The van der Waals surface area contributed by atoms with E-state index in [1.165, 1.54) is 0 Å². The number of allylic oxidation sites excluding steroid dienone is 1. The molecule has 0 spiro atoms. The Morgan fingerprint density at radius 2 is 2.07 bits per heavy atom. The number of benzene rings is 1. The highest BCUT2D eigenvalue weighted by molar-refractivity contribution is 5.65. The second kappa shape index (κ2) is 4.56. The highest BCUT2D eigenvalue weighted by atomic mass is 16.5. The summed E-state index contributed by atoms with van der Waals surface area (Å²) in [6.45, 7) is 3.67. The summed E-state index contributed by atoms with van der Waals surface area (Å²) in [4.78, 5) is 0. The first-order valence-corrected chi connectivity index (χ1v) is 4.34. The van der Waals surface area contributed by atoms with Gasteiger partial charge in [0.15, 0.2) is 11.5 Å². The number of anilines is 1. The molecule has 0 unspecified atom stereocenters. The van der Waals surface area contributed by atoms with Crippen molar-refractivity contribution in [3.63, 3.8) is 0 Å². The molecule has 1 aromatic carbocycles. The van der Waals surface area contributed by atoms with Crippen LogP contribution in [0.3, 0.4) is 0 Å². The zero-order valence-electron chi connectivity index (χ0n) is 8.54. The lowest BCUT2D eigenvalue weighted by Crippen LogP contribution is -2.00. The standard InChI is InChI=1S/C11H15NO2/c1-4-5-8-6-7-9(13-2)11(14-3)10(8)12/h4,6-7H,1,5,12H2,2-3H3. The second-order valence-electron chi connectivity index (χ2n) is 2.87. The molecule has 76 valence electrons. The molecule has 14 heavy (non-hydrogen) atoms. The predicted molar refractivity (Wildman–Crippen MR) is 57.9 cm³/mol. The van der Waals surface area contributed by atoms with Crippen LogP contribution in [-0.4, -0.2) is 14.2 Å². The fourth-order valence-electron chi connectivity index (χ4n) is 1.33. The van der Waals surface area contributed by atoms with Crippen LogP contribution < -0.4 is 15.2 Å². The van der Waals surface area contributed by atoms with E-state index in [0.717, 1.165) is 12.0 Å². The molecule has 0 saturated carbocycles. The van der Waals surface area contributed by atoms with Crippen LogP contribution in [0, 0.1) is 0 Å². The first-order valence-electron chi connectivity index (χ1n) is 4.34. The van der Waals surface area contributed by atoms with Gasteiger partial charge in [0.25, 0.3) is 0 Å². The van der Waals surface area contributed by atoms with Crippen molar-refractivity contribution in [2.45, 2.75) is 6.42 Å². The SMILES string of the molecule is C=CCc1ccc(OC)c(OC)c1N. The second-order valence-corrected chi connectivity index (χ2v) is 2.87. The summed E-state index contributed by atoms with van der Waals surface area (Å²) in [7, 11) is 3.16. The fourth-order valence-corrected chi connectivity index (χ4v) is 1.33. The Hall–Kier alpha value is -1.64. The quantitative estimate of drug-likeness (QED) is 0.587. The maximum atomic E-state index is 5.90. The van der Waals surface area contributed by atoms with Crippen molar-refractivity contribution in [3.8, 4) is 11.5 Å². The van der Waals surface area contributed by atoms with E-state index in [1.54, 1.807) is 20.3 Å². The molecule has 0 heterocycles. The summed E-state index contributed by atoms with van der Waals surface area (Å²) in [5.74, 6) is 1.24. The van der Waals surface area contributed by atoms with Crippen molar-refractivity contribution in [2.24, 2.45) is 0 Å². The predicted octanol–water partition coefficient (Wildman–Crippen LogP) is 2.01. The van der Waals surface area contributed by atoms with Crippen molar-refractivity contribution >= 4 is 5.69 Å². The molecule has 0 saturated heterocycles. The molecule has 0 aliphatic rings. The van der Waals surface area contributed by atoms with E-state index in [-0.39, 0.29) is 0 Å². The van der Waals surface area contributed by atoms with Gasteiger partial charge >= 0.3 is 0 Å². The van der Waals surface area contributed by atoms with Crippen molar-refractivity contribution < 1.29 is 9.47 Å². The lowest BCUT2D eigenvalue weighted by atomic mass is 10.1. The normalized spacial score (nSPS) is 9.57. The van der Waals surface area contributed by atoms with Gasteiger partial charge in [0.1, 0.15) is 0 Å². The Morgan fingerprint density at radius 1 is 1.36 bits per heavy atom. The molecule has 2 N–H and O–H groups in total. The van der Waals surface area contributed by atoms with E-state index in [9.17, 15) is 0 Å². The van der Waals surface area contributed by atoms with E-state index in [4.69, 9.17) is 15.2 Å². The van der Waals surface area contributed by atoms with Crippen LogP contribution in [-0.2, 0) is 6.42 Å². The third kappa shape index (κ3) is 1.82. The van der Waals surface area contributed by atoms with Gasteiger partial charge in [0, 0.05) is 0 Å². The Labute approximate surface area is 84.1 Å². The molecule has 0 aliphatic heterocycles. The summed E-state index contributed by atoms with van der Waals surface area (Å²) in [6.07, 6.45) is 2.53. The van der Waals surface area contributed by atoms with Crippen LogP contribution in [0.15, 0.2) is 24.8 Å². The van der Waals surface area contributed by atoms with Crippen LogP contribution in [0.4, 0.5) is 5.69 Å². The zero-order valence-corrected chi connectivity index (χ0v) is 8.54. The topological polar surface area (TPSA) is 44.5 Å². The van der Waals surface area contributed by atoms with Gasteiger partial charge in [-0.2, -0.15) is 0 Å². The highest BCUT2D eigenvalue weighted by Crippen LogP contribution is 2.35. The summed E-state index contributed by atoms with van der Waals surface area (Å²) in [5.41, 5.74) is 7.52. The Balaban J connectivity index is 3.19. The van der Waals surface area contributed by atoms with Crippen LogP contribution in [0.25, 0.3) is 0 Å². The van der Waals surface area contributed by atoms with Gasteiger partial charge in [0.2, 0.25) is 0 Å². The molecule has 0 bridgehead atoms. The number of rotatable bonds is 4. The molecule has 0 amide bonds. The molecule has 3 heteroatoms. The Kier molecular flexibility index (Phi) is 3.40. The van der Waals surface area contributed by atoms with Crippen molar-refractivity contribution in [2.75, 3.05) is 20.0 Å². The number of hydrogen-bond acceptors (Lipinski definition) is 3. The third-order valence-corrected chi connectivity index (χ3v) is 2.04. The maximum absolute atomic E-state index is 5.90. The smallest absolute Gasteiger partial charge is 0.184 e. The lowest BCUT2D eigenvalue weighted by molar-refractivity contribution is 0.356. The van der Waals surface area contributed by atoms with Gasteiger partial charge in [-0.15, -0.1) is 6.58 Å². The van der Waals surface area contributed by atoms with Gasteiger partial charge in [-0.3, -0.25) is 0 Å². The van der Waals surface area contributed by atoms with Gasteiger partial charge in [-0.1, -0.05) is 12.1 Å². The van der Waals surface area contributed by atoms with Gasteiger partial charge in [-0.25, -0.2) is 0 Å². The first-order chi connectivity index (χ1) is 6.74. The van der Waals surface area contributed by atoms with Crippen molar-refractivity contribution in [1.29, 1.82) is 0 Å². The number of nitrogens with two attached hydrogens (primary N) is 1. The molecule has 0 atom stereocenters. The lowest BCUT2D eigenvalue weighted by Gasteiger charge is -2.12. The molecular formula is C11H15NO2. The molecular weight excluding hydrogens is 178 g/mol. The van der Waals surface area contributed by atoms with Gasteiger partial charge in [-0.05, 0) is 18.1 Å². The summed E-state index contributed by atoms with van der Waals surface area (Å²) in [6, 6.07) is 3.76. The van der Waals surface area contributed by atoms with Crippen LogP contribution in [0.1, 0.15) is 5.56 Å². The van der Waals surface area contributed by atoms with Crippen LogP contribution >= 0.6 is 0 Å². The molecule has 0 radical (unpaired) electrons. The minimum atomic E-state index is 0.590. The van der Waals surface area contributed by atoms with E-state index in [0.29, 0.717) is 17.2 Å². The summed E-state index contributed by atoms with van der Waals surface area (Å²) < 4.78 is 10.3. The Bertz CT molecular complexity index is 334. The number of methoxy groups -OCH3 is 2. The number of nitrogen functional groups attached to an aromatic ring is 1. The zero-order chi connectivity index (χ0) is 10.6. The van der Waals surface area contributed by atoms with E-state index in [1.807, 2.05) is 12.1 Å². The molecule has 1 aromatic rings. The molecule has 0 fully saturated rings. The van der Waals surface area contributed by atoms with Crippen molar-refractivity contribution in [1.82, 2.24) is 0 Å². The average Bonchev–Trinajstić information content (AvgIpc) is 2.21. The Morgan fingerprint density at radius 3 is 2.57 bits per heavy atom. The maximum Gasteiger partial charge on any atom is 0.184 e. The number of hydrogen-bond donors (Lipinski definition) is 1. The third-order valence-electron chi connectivity index (χ3n) is 2.04. The minimum absolute atomic E-state index is 0.590. The van der Waals surface area contributed by atoms with Crippen molar-refractivity contribution in [3.05, 3.63) is 30.4 Å². The summed E-state index contributed by atoms with van der Waals surface area (Å²) in [5, 5.41) is 0. The first kappa shape index (κ1) is 10.4. The molecule has 0 aliphatic carbocycles. The van der Waals surface area contributed by atoms with E-state index >= 15 is 0 Å². The van der Waals surface area contributed by atoms with Gasteiger partial charge < -0.3 is 15.2 Å². The molecule has 3 nitrogen and oxygen atoms in total. The van der Waals surface area contributed by atoms with Crippen LogP contribution in [0.5, 0.6) is 11.5 Å². The molecule has 1 rings (SSSR count). The summed E-state index contributed by atoms with van der Waals surface area (Å²) >= 11 is 0. The van der Waals surface area contributed by atoms with E-state index < -0.39 is 0 Å². The van der Waals surface area contributed by atoms with E-state index in [2.05, 4.69) is 6.58 Å². The number of ether oxygens (including phenoxy) is 2. The van der Waals surface area contributed by atoms with Gasteiger partial charge in [0.05, 0.1) is 19.9 Å².